The molecule has 1 aromatic carbocycles. The van der Waals surface area contributed by atoms with Crippen molar-refractivity contribution < 1.29 is 14.2 Å². The number of nitrogens with zero attached hydrogens (tertiary/aromatic N) is 2. The molecule has 1 aromatic rings. The Morgan fingerprint density at radius 3 is 2.56 bits per heavy atom. The van der Waals surface area contributed by atoms with Gasteiger partial charge in [-0.25, -0.2) is 4.99 Å². The minimum absolute atomic E-state index is 0.0616. The average molecular weight is 381 g/mol. The molecule has 0 heterocycles. The van der Waals surface area contributed by atoms with Crippen molar-refractivity contribution in [2.24, 2.45) is 4.99 Å². The first-order chi connectivity index (χ1) is 13.1. The zero-order valence-corrected chi connectivity index (χ0v) is 17.5. The van der Waals surface area contributed by atoms with Gasteiger partial charge in [-0.05, 0) is 39.4 Å². The number of rotatable bonds is 13. The molecule has 0 aliphatic rings. The molecule has 0 saturated heterocycles. The minimum Gasteiger partial charge on any atom is -0.493 e. The fraction of sp³-hybridized carbons (Fsp3) is 0.650. The Morgan fingerprint density at radius 1 is 1.15 bits per heavy atom. The van der Waals surface area contributed by atoms with Crippen LogP contribution < -0.4 is 20.1 Å². The Balaban J connectivity index is 2.43. The van der Waals surface area contributed by atoms with E-state index in [0.717, 1.165) is 56.7 Å². The Bertz CT molecular complexity index is 540. The summed E-state index contributed by atoms with van der Waals surface area (Å²) in [5, 5.41) is 6.64. The van der Waals surface area contributed by atoms with Gasteiger partial charge in [0.2, 0.25) is 0 Å². The topological polar surface area (TPSA) is 67.4 Å². The highest BCUT2D eigenvalue weighted by atomic mass is 16.5. The average Bonchev–Trinajstić information content (AvgIpc) is 2.66. The molecule has 7 heteroatoms. The number of methoxy groups -OCH3 is 2. The summed E-state index contributed by atoms with van der Waals surface area (Å²) >= 11 is 0. The largest absolute Gasteiger partial charge is 0.493 e. The van der Waals surface area contributed by atoms with Crippen LogP contribution in [0.3, 0.4) is 0 Å². The number of benzene rings is 1. The van der Waals surface area contributed by atoms with E-state index >= 15 is 0 Å². The molecule has 0 aromatic heterocycles. The molecule has 0 aliphatic carbocycles. The molecule has 0 radical (unpaired) electrons. The number of ether oxygens (including phenoxy) is 3. The molecule has 0 amide bonds. The number of aliphatic imine (C=N–C) groups is 1. The summed E-state index contributed by atoms with van der Waals surface area (Å²) in [6.07, 6.45) is 0.979. The lowest BCUT2D eigenvalue weighted by atomic mass is 10.3. The quantitative estimate of drug-likeness (QED) is 0.310. The van der Waals surface area contributed by atoms with Crippen LogP contribution >= 0.6 is 0 Å². The normalized spacial score (nSPS) is 12.7. The summed E-state index contributed by atoms with van der Waals surface area (Å²) < 4.78 is 16.4. The molecule has 2 N–H and O–H groups in total. The number of hydrogen-bond acceptors (Lipinski definition) is 5. The van der Waals surface area contributed by atoms with E-state index in [1.54, 1.807) is 14.2 Å². The molecule has 7 nitrogen and oxygen atoms in total. The standard InChI is InChI=1S/C20H36N4O3/c1-6-21-20(22-12-14-24(3)13-9-15-25-4)23-16-17(2)27-19-11-8-7-10-18(19)26-5/h7-8,10-11,17H,6,9,12-16H2,1-5H3,(H2,21,22,23). The van der Waals surface area contributed by atoms with E-state index in [-0.39, 0.29) is 6.10 Å². The van der Waals surface area contributed by atoms with Crippen LogP contribution in [0, 0.1) is 0 Å². The van der Waals surface area contributed by atoms with Gasteiger partial charge in [-0.3, -0.25) is 0 Å². The third kappa shape index (κ3) is 10.1. The predicted molar refractivity (Wildman–Crippen MR) is 111 cm³/mol. The van der Waals surface area contributed by atoms with Gasteiger partial charge in [0, 0.05) is 39.9 Å². The molecule has 1 atom stereocenters. The second kappa shape index (κ2) is 14.1. The zero-order valence-electron chi connectivity index (χ0n) is 17.5. The van der Waals surface area contributed by atoms with Crippen molar-refractivity contribution in [3.63, 3.8) is 0 Å². The number of guanidine groups is 1. The Kier molecular flexibility index (Phi) is 12.1. The lowest BCUT2D eigenvalue weighted by Crippen LogP contribution is -2.41. The van der Waals surface area contributed by atoms with E-state index in [2.05, 4.69) is 34.5 Å². The highest BCUT2D eigenvalue weighted by Gasteiger charge is 2.08. The summed E-state index contributed by atoms with van der Waals surface area (Å²) in [5.74, 6) is 2.27. The first-order valence-corrected chi connectivity index (χ1v) is 9.60. The molecule has 0 saturated carbocycles. The molecule has 0 fully saturated rings. The van der Waals surface area contributed by atoms with Crippen LogP contribution in [0.15, 0.2) is 29.3 Å². The molecular formula is C20H36N4O3. The van der Waals surface area contributed by atoms with Crippen LogP contribution in [0.4, 0.5) is 0 Å². The highest BCUT2D eigenvalue weighted by molar-refractivity contribution is 5.79. The summed E-state index contributed by atoms with van der Waals surface area (Å²) in [6.45, 7) is 9.03. The van der Waals surface area contributed by atoms with Crippen LogP contribution in [0.25, 0.3) is 0 Å². The third-order valence-corrected chi connectivity index (χ3v) is 3.92. The second-order valence-corrected chi connectivity index (χ2v) is 6.38. The van der Waals surface area contributed by atoms with Gasteiger partial charge >= 0.3 is 0 Å². The van der Waals surface area contributed by atoms with Crippen LogP contribution in [0.2, 0.25) is 0 Å². The van der Waals surface area contributed by atoms with Crippen molar-refractivity contribution in [1.29, 1.82) is 0 Å². The highest BCUT2D eigenvalue weighted by Crippen LogP contribution is 2.26. The Hall–Kier alpha value is -1.99. The van der Waals surface area contributed by atoms with Crippen LogP contribution in [0.1, 0.15) is 20.3 Å². The van der Waals surface area contributed by atoms with Gasteiger partial charge < -0.3 is 29.7 Å². The Morgan fingerprint density at radius 2 is 1.89 bits per heavy atom. The van der Waals surface area contributed by atoms with E-state index in [1.165, 1.54) is 0 Å². The van der Waals surface area contributed by atoms with E-state index in [1.807, 2.05) is 31.2 Å². The van der Waals surface area contributed by atoms with E-state index in [4.69, 9.17) is 14.2 Å². The van der Waals surface area contributed by atoms with Crippen molar-refractivity contribution in [1.82, 2.24) is 15.5 Å². The SMILES string of the molecule is CCNC(=NCC(C)Oc1ccccc1OC)NCCN(C)CCCOC. The van der Waals surface area contributed by atoms with Crippen molar-refractivity contribution in [3.8, 4) is 11.5 Å². The molecule has 1 unspecified atom stereocenters. The van der Waals surface area contributed by atoms with Gasteiger partial charge in [-0.1, -0.05) is 12.1 Å². The molecule has 0 aliphatic heterocycles. The second-order valence-electron chi connectivity index (χ2n) is 6.38. The summed E-state index contributed by atoms with van der Waals surface area (Å²) in [6, 6.07) is 7.65. The third-order valence-electron chi connectivity index (χ3n) is 3.92. The minimum atomic E-state index is -0.0616. The monoisotopic (exact) mass is 380 g/mol. The molecule has 27 heavy (non-hydrogen) atoms. The number of hydrogen-bond donors (Lipinski definition) is 2. The summed E-state index contributed by atoms with van der Waals surface area (Å²) in [7, 11) is 5.49. The van der Waals surface area contributed by atoms with Gasteiger partial charge in [0.05, 0.1) is 13.7 Å². The number of nitrogens with one attached hydrogen (secondary N) is 2. The zero-order chi connectivity index (χ0) is 19.9. The van der Waals surface area contributed by atoms with Gasteiger partial charge in [0.25, 0.3) is 0 Å². The molecule has 1 rings (SSSR count). The molecule has 0 spiro atoms. The number of para-hydroxylation sites is 2. The van der Waals surface area contributed by atoms with Crippen molar-refractivity contribution in [2.45, 2.75) is 26.4 Å². The fourth-order valence-electron chi connectivity index (χ4n) is 2.49. The fourth-order valence-corrected chi connectivity index (χ4v) is 2.49. The van der Waals surface area contributed by atoms with E-state index < -0.39 is 0 Å². The first kappa shape index (κ1) is 23.0. The molecule has 0 bridgehead atoms. The Labute approximate surface area is 164 Å². The van der Waals surface area contributed by atoms with Crippen LogP contribution in [-0.2, 0) is 4.74 Å². The van der Waals surface area contributed by atoms with E-state index in [0.29, 0.717) is 6.54 Å². The summed E-state index contributed by atoms with van der Waals surface area (Å²) in [4.78, 5) is 6.91. The molecular weight excluding hydrogens is 344 g/mol. The van der Waals surface area contributed by atoms with Gasteiger partial charge in [0.15, 0.2) is 17.5 Å². The van der Waals surface area contributed by atoms with Gasteiger partial charge in [0.1, 0.15) is 6.10 Å². The maximum atomic E-state index is 5.95. The van der Waals surface area contributed by atoms with E-state index in [9.17, 15) is 0 Å². The molecule has 154 valence electrons. The van der Waals surface area contributed by atoms with Crippen LogP contribution in [0.5, 0.6) is 11.5 Å². The van der Waals surface area contributed by atoms with Crippen molar-refractivity contribution in [2.75, 3.05) is 60.6 Å². The maximum Gasteiger partial charge on any atom is 0.191 e. The summed E-state index contributed by atoms with van der Waals surface area (Å²) in [5.41, 5.74) is 0. The maximum absolute atomic E-state index is 5.95. The number of likely N-dealkylation sites (N-methyl/N-ethyl adjacent to an activating group) is 1. The lowest BCUT2D eigenvalue weighted by molar-refractivity contribution is 0.180. The van der Waals surface area contributed by atoms with Crippen LogP contribution in [-0.4, -0.2) is 77.6 Å². The van der Waals surface area contributed by atoms with Gasteiger partial charge in [-0.2, -0.15) is 0 Å². The van der Waals surface area contributed by atoms with Crippen molar-refractivity contribution >= 4 is 5.96 Å². The van der Waals surface area contributed by atoms with Crippen molar-refractivity contribution in [3.05, 3.63) is 24.3 Å². The lowest BCUT2D eigenvalue weighted by Gasteiger charge is -2.19. The smallest absolute Gasteiger partial charge is 0.191 e. The predicted octanol–water partition coefficient (Wildman–Crippen LogP) is 1.99. The first-order valence-electron chi connectivity index (χ1n) is 9.60. The van der Waals surface area contributed by atoms with Gasteiger partial charge in [-0.15, -0.1) is 0 Å².